The molecule has 2 fully saturated rings. The highest BCUT2D eigenvalue weighted by molar-refractivity contribution is 5.17. The summed E-state index contributed by atoms with van der Waals surface area (Å²) in [6.45, 7) is 13.1. The third-order valence-corrected chi connectivity index (χ3v) is 6.71. The van der Waals surface area contributed by atoms with Crippen LogP contribution in [0.4, 0.5) is 0 Å². The van der Waals surface area contributed by atoms with Crippen LogP contribution in [0.25, 0.3) is 0 Å². The first kappa shape index (κ1) is 16.3. The molecule has 118 valence electrons. The highest BCUT2D eigenvalue weighted by Gasteiger charge is 2.66. The predicted molar refractivity (Wildman–Crippen MR) is 83.4 cm³/mol. The molecule has 0 aromatic carbocycles. The minimum atomic E-state index is -0.911. The van der Waals surface area contributed by atoms with Crippen molar-refractivity contribution in [3.63, 3.8) is 0 Å². The van der Waals surface area contributed by atoms with Crippen molar-refractivity contribution in [3.05, 3.63) is 0 Å². The van der Waals surface area contributed by atoms with Crippen LogP contribution in [0.2, 0.25) is 0 Å². The van der Waals surface area contributed by atoms with Crippen molar-refractivity contribution in [1.82, 2.24) is 0 Å². The van der Waals surface area contributed by atoms with Crippen molar-refractivity contribution in [2.45, 2.75) is 78.4 Å². The summed E-state index contributed by atoms with van der Waals surface area (Å²) in [6, 6.07) is 0. The molecule has 0 bridgehead atoms. The van der Waals surface area contributed by atoms with Crippen molar-refractivity contribution in [1.29, 1.82) is 0 Å². The van der Waals surface area contributed by atoms with Crippen molar-refractivity contribution in [2.24, 2.45) is 35.5 Å². The monoisotopic (exact) mass is 282 g/mol. The molecule has 20 heavy (non-hydrogen) atoms. The van der Waals surface area contributed by atoms with Gasteiger partial charge in [0, 0.05) is 0 Å². The van der Waals surface area contributed by atoms with Gasteiger partial charge >= 0.3 is 0 Å². The summed E-state index contributed by atoms with van der Waals surface area (Å²) in [5.41, 5.74) is -1.82. The van der Waals surface area contributed by atoms with Crippen LogP contribution in [0.3, 0.4) is 0 Å². The molecular weight excluding hydrogens is 248 g/mol. The van der Waals surface area contributed by atoms with Gasteiger partial charge in [-0.1, -0.05) is 41.5 Å². The fourth-order valence-corrected chi connectivity index (χ4v) is 5.54. The van der Waals surface area contributed by atoms with Gasteiger partial charge in [-0.2, -0.15) is 0 Å². The molecule has 2 saturated carbocycles. The van der Waals surface area contributed by atoms with Gasteiger partial charge in [0.25, 0.3) is 0 Å². The molecule has 2 N–H and O–H groups in total. The summed E-state index contributed by atoms with van der Waals surface area (Å²) in [5, 5.41) is 23.4. The van der Waals surface area contributed by atoms with Crippen LogP contribution in [-0.2, 0) is 0 Å². The Kier molecular flexibility index (Phi) is 4.30. The summed E-state index contributed by atoms with van der Waals surface area (Å²) in [6.07, 6.45) is 4.18. The lowest BCUT2D eigenvalue weighted by atomic mass is 9.60. The number of hydrogen-bond acceptors (Lipinski definition) is 2. The Morgan fingerprint density at radius 3 is 1.25 bits per heavy atom. The van der Waals surface area contributed by atoms with Crippen molar-refractivity contribution < 1.29 is 10.2 Å². The van der Waals surface area contributed by atoms with E-state index in [0.717, 1.165) is 25.7 Å². The van der Waals surface area contributed by atoms with Crippen LogP contribution >= 0.6 is 0 Å². The molecule has 2 aliphatic rings. The second kappa shape index (κ2) is 5.28. The lowest BCUT2D eigenvalue weighted by Crippen LogP contribution is -2.65. The average Bonchev–Trinajstić information content (AvgIpc) is 2.81. The fourth-order valence-electron chi connectivity index (χ4n) is 5.54. The third-order valence-electron chi connectivity index (χ3n) is 6.71. The van der Waals surface area contributed by atoms with Crippen molar-refractivity contribution in [2.75, 3.05) is 0 Å². The maximum absolute atomic E-state index is 11.7. The molecule has 6 atom stereocenters. The second-order valence-electron chi connectivity index (χ2n) is 8.31. The molecule has 2 rings (SSSR count). The zero-order valence-electron chi connectivity index (χ0n) is 14.2. The minimum Gasteiger partial charge on any atom is -0.386 e. The zero-order chi connectivity index (χ0) is 15.3. The van der Waals surface area contributed by atoms with Gasteiger partial charge in [0.2, 0.25) is 0 Å². The van der Waals surface area contributed by atoms with Crippen molar-refractivity contribution in [3.8, 4) is 0 Å². The lowest BCUT2D eigenvalue weighted by Gasteiger charge is -2.53. The van der Waals surface area contributed by atoms with Gasteiger partial charge in [0.1, 0.15) is 0 Å². The van der Waals surface area contributed by atoms with Gasteiger partial charge in [0.15, 0.2) is 0 Å². The maximum atomic E-state index is 11.7. The molecule has 0 spiro atoms. The van der Waals surface area contributed by atoms with E-state index in [2.05, 4.69) is 41.5 Å². The fraction of sp³-hybridized carbons (Fsp3) is 1.00. The average molecular weight is 282 g/mol. The standard InChI is InChI=1S/C18H34O2/c1-11(2)15-9-7-13(5)17(15,19)18(20)14(6)8-10-16(18)12(3)4/h11-16,19-20H,7-10H2,1-6H3/t13-,14-,15-,16-,17-,18-/m0/s1. The van der Waals surface area contributed by atoms with E-state index in [1.807, 2.05) is 0 Å². The summed E-state index contributed by atoms with van der Waals surface area (Å²) in [4.78, 5) is 0. The van der Waals surface area contributed by atoms with Crippen molar-refractivity contribution >= 4 is 0 Å². The normalized spacial score (nSPS) is 49.5. The highest BCUT2D eigenvalue weighted by atomic mass is 16.4. The first-order valence-electron chi connectivity index (χ1n) is 8.62. The van der Waals surface area contributed by atoms with E-state index >= 15 is 0 Å². The Labute approximate surface area is 125 Å². The molecular formula is C18H34O2. The van der Waals surface area contributed by atoms with Gasteiger partial charge in [-0.3, -0.25) is 0 Å². The Morgan fingerprint density at radius 1 is 0.700 bits per heavy atom. The van der Waals surface area contributed by atoms with Crippen LogP contribution in [0.15, 0.2) is 0 Å². The van der Waals surface area contributed by atoms with E-state index in [-0.39, 0.29) is 23.7 Å². The van der Waals surface area contributed by atoms with E-state index in [4.69, 9.17) is 0 Å². The quantitative estimate of drug-likeness (QED) is 0.825. The van der Waals surface area contributed by atoms with E-state index in [1.165, 1.54) is 0 Å². The second-order valence-corrected chi connectivity index (χ2v) is 8.31. The van der Waals surface area contributed by atoms with Gasteiger partial charge in [-0.15, -0.1) is 0 Å². The molecule has 0 saturated heterocycles. The largest absolute Gasteiger partial charge is 0.386 e. The molecule has 0 radical (unpaired) electrons. The third kappa shape index (κ3) is 1.98. The molecule has 2 aliphatic carbocycles. The van der Waals surface area contributed by atoms with Gasteiger partial charge < -0.3 is 10.2 Å². The Balaban J connectivity index is 2.48. The Hall–Kier alpha value is -0.0800. The summed E-state index contributed by atoms with van der Waals surface area (Å²) >= 11 is 0. The first-order chi connectivity index (χ1) is 9.17. The lowest BCUT2D eigenvalue weighted by molar-refractivity contribution is -0.234. The van der Waals surface area contributed by atoms with Gasteiger partial charge in [-0.05, 0) is 61.2 Å². The van der Waals surface area contributed by atoms with Crippen LogP contribution in [-0.4, -0.2) is 21.4 Å². The highest BCUT2D eigenvalue weighted by Crippen LogP contribution is 2.59. The first-order valence-corrected chi connectivity index (χ1v) is 8.62. The SMILES string of the molecule is CC(C)[C@@H]1CC[C@H](C)[C@@]1(O)[C@]1(O)[C@@H](C)CC[C@H]1C(C)C. The van der Waals surface area contributed by atoms with Gasteiger partial charge in [-0.25, -0.2) is 0 Å². The van der Waals surface area contributed by atoms with Crippen LogP contribution < -0.4 is 0 Å². The molecule has 0 aromatic heterocycles. The molecule has 0 aliphatic heterocycles. The van der Waals surface area contributed by atoms with E-state index in [9.17, 15) is 10.2 Å². The van der Waals surface area contributed by atoms with E-state index in [1.54, 1.807) is 0 Å². The molecule has 0 unspecified atom stereocenters. The predicted octanol–water partition coefficient (Wildman–Crippen LogP) is 3.85. The van der Waals surface area contributed by atoms with E-state index in [0.29, 0.717) is 11.8 Å². The molecule has 0 aromatic rings. The Bertz CT molecular complexity index is 317. The molecule has 0 heterocycles. The van der Waals surface area contributed by atoms with Crippen LogP contribution in [0, 0.1) is 35.5 Å². The summed E-state index contributed by atoms with van der Waals surface area (Å²) < 4.78 is 0. The molecule has 0 amide bonds. The van der Waals surface area contributed by atoms with Crippen LogP contribution in [0.5, 0.6) is 0 Å². The van der Waals surface area contributed by atoms with Gasteiger partial charge in [0.05, 0.1) is 11.2 Å². The minimum absolute atomic E-state index is 0.196. The molecule has 2 nitrogen and oxygen atoms in total. The number of hydrogen-bond donors (Lipinski definition) is 2. The smallest absolute Gasteiger partial charge is 0.0994 e. The molecule has 2 heteroatoms. The number of aliphatic hydroxyl groups is 2. The summed E-state index contributed by atoms with van der Waals surface area (Å²) in [7, 11) is 0. The Morgan fingerprint density at radius 2 is 1.00 bits per heavy atom. The van der Waals surface area contributed by atoms with E-state index < -0.39 is 11.2 Å². The number of rotatable bonds is 3. The topological polar surface area (TPSA) is 40.5 Å². The van der Waals surface area contributed by atoms with Crippen LogP contribution in [0.1, 0.15) is 67.2 Å². The zero-order valence-corrected chi connectivity index (χ0v) is 14.2. The summed E-state index contributed by atoms with van der Waals surface area (Å²) in [5.74, 6) is 1.70. The maximum Gasteiger partial charge on any atom is 0.0994 e.